The van der Waals surface area contributed by atoms with Gasteiger partial charge in [0, 0.05) is 25.7 Å². The second kappa shape index (κ2) is 7.53. The van der Waals surface area contributed by atoms with Crippen molar-refractivity contribution in [1.29, 1.82) is 0 Å². The van der Waals surface area contributed by atoms with Crippen molar-refractivity contribution in [3.63, 3.8) is 0 Å². The molecular formula is C19H22N2O4. The standard InChI is InChI=1S/C19H22N2O4/c1-14-16(8-9-25-14)11-20(2)19(23)17-12-24-13-18(22)21(17)10-15-6-4-3-5-7-15/h3-9,17H,10-13H2,1-2H3/t17-/m0/s1. The minimum absolute atomic E-state index is 0.0150. The Hall–Kier alpha value is -2.60. The second-order valence-electron chi connectivity index (χ2n) is 6.23. The van der Waals surface area contributed by atoms with Gasteiger partial charge in [0.05, 0.1) is 12.9 Å². The van der Waals surface area contributed by atoms with Crippen molar-refractivity contribution in [3.05, 3.63) is 59.5 Å². The molecule has 0 radical (unpaired) electrons. The van der Waals surface area contributed by atoms with Crippen molar-refractivity contribution in [3.8, 4) is 0 Å². The van der Waals surface area contributed by atoms with Crippen LogP contribution in [0.2, 0.25) is 0 Å². The summed E-state index contributed by atoms with van der Waals surface area (Å²) < 4.78 is 10.6. The number of nitrogens with zero attached hydrogens (tertiary/aromatic N) is 2. The van der Waals surface area contributed by atoms with Crippen molar-refractivity contribution in [2.45, 2.75) is 26.1 Å². The Morgan fingerprint density at radius 3 is 2.72 bits per heavy atom. The molecule has 0 N–H and O–H groups in total. The minimum atomic E-state index is -0.612. The van der Waals surface area contributed by atoms with E-state index in [0.717, 1.165) is 16.9 Å². The van der Waals surface area contributed by atoms with Crippen molar-refractivity contribution >= 4 is 11.8 Å². The third kappa shape index (κ3) is 3.91. The van der Waals surface area contributed by atoms with E-state index in [2.05, 4.69) is 0 Å². The van der Waals surface area contributed by atoms with E-state index in [4.69, 9.17) is 9.15 Å². The lowest BCUT2D eigenvalue weighted by atomic mass is 10.1. The summed E-state index contributed by atoms with van der Waals surface area (Å²) in [5.41, 5.74) is 1.94. The van der Waals surface area contributed by atoms with Crippen molar-refractivity contribution in [2.24, 2.45) is 0 Å². The van der Waals surface area contributed by atoms with Gasteiger partial charge in [-0.2, -0.15) is 0 Å². The van der Waals surface area contributed by atoms with Crippen LogP contribution in [-0.4, -0.2) is 47.9 Å². The van der Waals surface area contributed by atoms with E-state index in [1.165, 1.54) is 0 Å². The SMILES string of the molecule is Cc1occc1CN(C)C(=O)[C@@H]1COCC(=O)N1Cc1ccccc1. The molecule has 1 aliphatic rings. The maximum absolute atomic E-state index is 12.9. The van der Waals surface area contributed by atoms with E-state index in [9.17, 15) is 9.59 Å². The van der Waals surface area contributed by atoms with Crippen LogP contribution >= 0.6 is 0 Å². The summed E-state index contributed by atoms with van der Waals surface area (Å²) in [6, 6.07) is 10.9. The highest BCUT2D eigenvalue weighted by atomic mass is 16.5. The van der Waals surface area contributed by atoms with Gasteiger partial charge in [-0.1, -0.05) is 30.3 Å². The Labute approximate surface area is 147 Å². The fourth-order valence-electron chi connectivity index (χ4n) is 2.95. The van der Waals surface area contributed by atoms with Gasteiger partial charge in [0.25, 0.3) is 0 Å². The van der Waals surface area contributed by atoms with Crippen LogP contribution in [0.5, 0.6) is 0 Å². The largest absolute Gasteiger partial charge is 0.469 e. The van der Waals surface area contributed by atoms with Gasteiger partial charge in [-0.3, -0.25) is 9.59 Å². The molecule has 0 unspecified atom stereocenters. The van der Waals surface area contributed by atoms with Crippen molar-refractivity contribution in [2.75, 3.05) is 20.3 Å². The predicted molar refractivity (Wildman–Crippen MR) is 91.5 cm³/mol. The van der Waals surface area contributed by atoms with Crippen LogP contribution in [0.15, 0.2) is 47.1 Å². The molecule has 1 fully saturated rings. The number of likely N-dealkylation sites (N-methyl/N-ethyl adjacent to an activating group) is 1. The lowest BCUT2D eigenvalue weighted by molar-refractivity contribution is -0.159. The summed E-state index contributed by atoms with van der Waals surface area (Å²) in [6.45, 7) is 2.93. The zero-order chi connectivity index (χ0) is 17.8. The Morgan fingerprint density at radius 2 is 2.04 bits per heavy atom. The predicted octanol–water partition coefficient (Wildman–Crippen LogP) is 1.97. The van der Waals surface area contributed by atoms with Crippen LogP contribution in [0, 0.1) is 6.92 Å². The van der Waals surface area contributed by atoms with Crippen LogP contribution in [0.3, 0.4) is 0 Å². The maximum atomic E-state index is 12.9. The average Bonchev–Trinajstić information content (AvgIpc) is 3.02. The molecule has 1 aliphatic heterocycles. The smallest absolute Gasteiger partial charge is 0.249 e. The molecule has 0 spiro atoms. The summed E-state index contributed by atoms with van der Waals surface area (Å²) in [5, 5.41) is 0. The number of amides is 2. The zero-order valence-corrected chi connectivity index (χ0v) is 14.5. The fraction of sp³-hybridized carbons (Fsp3) is 0.368. The van der Waals surface area contributed by atoms with Gasteiger partial charge in [-0.25, -0.2) is 0 Å². The van der Waals surface area contributed by atoms with E-state index >= 15 is 0 Å². The summed E-state index contributed by atoms with van der Waals surface area (Å²) in [4.78, 5) is 28.5. The summed E-state index contributed by atoms with van der Waals surface area (Å²) in [5.74, 6) is 0.489. The van der Waals surface area contributed by atoms with Crippen LogP contribution in [0.4, 0.5) is 0 Å². The first-order valence-corrected chi connectivity index (χ1v) is 8.25. The third-order valence-corrected chi connectivity index (χ3v) is 4.43. The van der Waals surface area contributed by atoms with Crippen molar-refractivity contribution < 1.29 is 18.7 Å². The van der Waals surface area contributed by atoms with Gasteiger partial charge in [-0.05, 0) is 18.6 Å². The number of aryl methyl sites for hydroxylation is 1. The van der Waals surface area contributed by atoms with E-state index < -0.39 is 6.04 Å². The molecule has 0 bridgehead atoms. The number of carbonyl (C=O) groups is 2. The topological polar surface area (TPSA) is 63.0 Å². The van der Waals surface area contributed by atoms with Crippen LogP contribution < -0.4 is 0 Å². The quantitative estimate of drug-likeness (QED) is 0.833. The molecule has 1 aromatic carbocycles. The van der Waals surface area contributed by atoms with Gasteiger partial charge >= 0.3 is 0 Å². The molecular weight excluding hydrogens is 320 g/mol. The van der Waals surface area contributed by atoms with Gasteiger partial charge < -0.3 is 19.0 Å². The summed E-state index contributed by atoms with van der Waals surface area (Å²) >= 11 is 0. The maximum Gasteiger partial charge on any atom is 0.249 e. The van der Waals surface area contributed by atoms with E-state index in [1.807, 2.05) is 43.3 Å². The Kier molecular flexibility index (Phi) is 5.19. The molecule has 0 aliphatic carbocycles. The first-order valence-electron chi connectivity index (χ1n) is 8.25. The molecule has 25 heavy (non-hydrogen) atoms. The van der Waals surface area contributed by atoms with Gasteiger partial charge in [-0.15, -0.1) is 0 Å². The molecule has 6 nitrogen and oxygen atoms in total. The monoisotopic (exact) mass is 342 g/mol. The molecule has 3 rings (SSSR count). The Morgan fingerprint density at radius 1 is 1.28 bits per heavy atom. The summed E-state index contributed by atoms with van der Waals surface area (Å²) in [7, 11) is 1.73. The van der Waals surface area contributed by atoms with Gasteiger partial charge in [0.1, 0.15) is 18.4 Å². The number of hydrogen-bond acceptors (Lipinski definition) is 4. The fourth-order valence-corrected chi connectivity index (χ4v) is 2.95. The number of rotatable bonds is 5. The molecule has 6 heteroatoms. The van der Waals surface area contributed by atoms with E-state index in [0.29, 0.717) is 13.1 Å². The van der Waals surface area contributed by atoms with Crippen molar-refractivity contribution in [1.82, 2.24) is 9.80 Å². The number of hydrogen-bond donors (Lipinski definition) is 0. The molecule has 0 saturated carbocycles. The van der Waals surface area contributed by atoms with Crippen LogP contribution in [-0.2, 0) is 27.4 Å². The second-order valence-corrected chi connectivity index (χ2v) is 6.23. The normalized spacial score (nSPS) is 17.6. The molecule has 132 valence electrons. The summed E-state index contributed by atoms with van der Waals surface area (Å²) in [6.07, 6.45) is 1.61. The number of carbonyl (C=O) groups excluding carboxylic acids is 2. The Bertz CT molecular complexity index is 741. The van der Waals surface area contributed by atoms with Gasteiger partial charge in [0.15, 0.2) is 0 Å². The number of ether oxygens (including phenoxy) is 1. The van der Waals surface area contributed by atoms with E-state index in [-0.39, 0.29) is 25.0 Å². The van der Waals surface area contributed by atoms with E-state index in [1.54, 1.807) is 23.1 Å². The highest BCUT2D eigenvalue weighted by molar-refractivity contribution is 5.89. The molecule has 1 aromatic heterocycles. The number of morpholine rings is 1. The molecule has 1 saturated heterocycles. The molecule has 2 aromatic rings. The minimum Gasteiger partial charge on any atom is -0.469 e. The third-order valence-electron chi connectivity index (χ3n) is 4.43. The highest BCUT2D eigenvalue weighted by Crippen LogP contribution is 2.17. The first kappa shape index (κ1) is 17.2. The molecule has 2 heterocycles. The number of furan rings is 1. The highest BCUT2D eigenvalue weighted by Gasteiger charge is 2.35. The molecule has 1 atom stereocenters. The number of benzene rings is 1. The first-order chi connectivity index (χ1) is 12.1. The molecule has 2 amide bonds. The van der Waals surface area contributed by atoms with Crippen LogP contribution in [0.25, 0.3) is 0 Å². The average molecular weight is 342 g/mol. The van der Waals surface area contributed by atoms with Gasteiger partial charge in [0.2, 0.25) is 11.8 Å². The lowest BCUT2D eigenvalue weighted by Gasteiger charge is -2.36. The zero-order valence-electron chi connectivity index (χ0n) is 14.5. The Balaban J connectivity index is 1.73. The lowest BCUT2D eigenvalue weighted by Crippen LogP contribution is -2.56. The van der Waals surface area contributed by atoms with Crippen LogP contribution in [0.1, 0.15) is 16.9 Å².